The van der Waals surface area contributed by atoms with E-state index in [2.05, 4.69) is 25.9 Å². The molecule has 0 saturated carbocycles. The van der Waals surface area contributed by atoms with Gasteiger partial charge in [-0.15, -0.1) is 0 Å². The summed E-state index contributed by atoms with van der Waals surface area (Å²) in [4.78, 5) is 72.2. The fourth-order valence-electron chi connectivity index (χ4n) is 4.67. The fourth-order valence-corrected chi connectivity index (χ4v) is 4.67. The molecule has 5 atom stereocenters. The van der Waals surface area contributed by atoms with E-state index in [0.29, 0.717) is 45.1 Å². The third kappa shape index (κ3) is 14.9. The highest BCUT2D eigenvalue weighted by molar-refractivity contribution is 5.94. The van der Waals surface area contributed by atoms with Crippen molar-refractivity contribution in [3.63, 3.8) is 0 Å². The normalized spacial score (nSPS) is 16.9. The number of amides is 4. The molecule has 4 amide bonds. The summed E-state index contributed by atoms with van der Waals surface area (Å²) < 4.78 is 0. The maximum atomic E-state index is 13.2. The number of aliphatic carboxylic acids is 1. The number of hydrogen-bond acceptors (Lipinski definition) is 10. The number of carboxylic acids is 1. The Morgan fingerprint density at radius 2 is 1.44 bits per heavy atom. The van der Waals surface area contributed by atoms with Gasteiger partial charge in [-0.3, -0.25) is 29.2 Å². The molecule has 0 aromatic rings. The summed E-state index contributed by atoms with van der Waals surface area (Å²) in [7, 11) is 0. The molecule has 0 bridgehead atoms. The molecule has 1 saturated heterocycles. The van der Waals surface area contributed by atoms with Crippen LogP contribution >= 0.6 is 0 Å². The van der Waals surface area contributed by atoms with Gasteiger partial charge in [-0.2, -0.15) is 0 Å². The molecule has 45 heavy (non-hydrogen) atoms. The lowest BCUT2D eigenvalue weighted by molar-refractivity contribution is -0.143. The van der Waals surface area contributed by atoms with Crippen molar-refractivity contribution in [3.8, 4) is 0 Å². The minimum Gasteiger partial charge on any atom is -0.480 e. The van der Waals surface area contributed by atoms with Crippen molar-refractivity contribution < 1.29 is 29.1 Å². The van der Waals surface area contributed by atoms with Crippen LogP contribution in [-0.4, -0.2) is 114 Å². The van der Waals surface area contributed by atoms with Gasteiger partial charge in [-0.25, -0.2) is 4.79 Å². The maximum Gasteiger partial charge on any atom is 0.326 e. The van der Waals surface area contributed by atoms with Gasteiger partial charge in [0, 0.05) is 26.2 Å². The number of aliphatic imine (C=N–C) groups is 2. The topological polar surface area (TPSA) is 352 Å². The average Bonchev–Trinajstić information content (AvgIpc) is 3.47. The van der Waals surface area contributed by atoms with E-state index in [0.717, 1.165) is 0 Å². The van der Waals surface area contributed by atoms with E-state index in [-0.39, 0.29) is 63.3 Å². The van der Waals surface area contributed by atoms with Gasteiger partial charge in [0.1, 0.15) is 18.1 Å². The van der Waals surface area contributed by atoms with Crippen LogP contribution in [0.15, 0.2) is 9.98 Å². The number of carboxylic acid groups (broad SMARTS) is 1. The number of nitrogens with one attached hydrogen (secondary N) is 3. The number of guanidine groups is 2. The second-order valence-corrected chi connectivity index (χ2v) is 10.8. The Morgan fingerprint density at radius 1 is 0.800 bits per heavy atom. The molecule has 19 nitrogen and oxygen atoms in total. The number of nitrogens with zero attached hydrogens (tertiary/aromatic N) is 3. The first kappa shape index (κ1) is 38.8. The zero-order valence-electron chi connectivity index (χ0n) is 25.7. The smallest absolute Gasteiger partial charge is 0.326 e. The van der Waals surface area contributed by atoms with Crippen molar-refractivity contribution in [2.45, 2.75) is 88.0 Å². The first-order chi connectivity index (χ1) is 21.3. The van der Waals surface area contributed by atoms with E-state index < -0.39 is 53.9 Å². The van der Waals surface area contributed by atoms with Gasteiger partial charge in [0.25, 0.3) is 0 Å². The number of nitrogens with two attached hydrogens (primary N) is 7. The molecule has 1 aliphatic heterocycles. The highest BCUT2D eigenvalue weighted by Crippen LogP contribution is 2.19. The van der Waals surface area contributed by atoms with E-state index in [1.165, 1.54) is 4.90 Å². The highest BCUT2D eigenvalue weighted by atomic mass is 16.4. The third-order valence-corrected chi connectivity index (χ3v) is 7.11. The van der Waals surface area contributed by atoms with E-state index >= 15 is 0 Å². The summed E-state index contributed by atoms with van der Waals surface area (Å²) in [6, 6.07) is -4.98. The average molecular weight is 642 g/mol. The summed E-state index contributed by atoms with van der Waals surface area (Å²) in [5, 5.41) is 17.2. The van der Waals surface area contributed by atoms with Gasteiger partial charge in [0.05, 0.1) is 12.1 Å². The van der Waals surface area contributed by atoms with Crippen LogP contribution in [0.2, 0.25) is 0 Å². The number of rotatable bonds is 21. The Kier molecular flexibility index (Phi) is 17.8. The third-order valence-electron chi connectivity index (χ3n) is 7.11. The molecular formula is C26H51N13O6. The van der Waals surface area contributed by atoms with Crippen molar-refractivity contribution >= 4 is 41.5 Å². The van der Waals surface area contributed by atoms with Gasteiger partial charge < -0.3 is 66.1 Å². The molecule has 1 heterocycles. The summed E-state index contributed by atoms with van der Waals surface area (Å²) in [5.41, 5.74) is 38.7. The predicted molar refractivity (Wildman–Crippen MR) is 168 cm³/mol. The Bertz CT molecular complexity index is 1050. The Labute approximate surface area is 262 Å². The Morgan fingerprint density at radius 3 is 2.04 bits per heavy atom. The molecule has 1 aliphatic rings. The largest absolute Gasteiger partial charge is 0.480 e. The lowest BCUT2D eigenvalue weighted by atomic mass is 10.1. The van der Waals surface area contributed by atoms with Crippen LogP contribution in [0.5, 0.6) is 0 Å². The number of hydrogen-bond donors (Lipinski definition) is 11. The number of carbonyl (C=O) groups is 5. The molecule has 0 spiro atoms. The molecular weight excluding hydrogens is 590 g/mol. The molecule has 19 heteroatoms. The van der Waals surface area contributed by atoms with Crippen molar-refractivity contribution in [2.24, 2.45) is 50.1 Å². The Hall–Kier alpha value is -4.23. The van der Waals surface area contributed by atoms with Gasteiger partial charge in [0.2, 0.25) is 23.6 Å². The molecule has 0 radical (unpaired) electrons. The van der Waals surface area contributed by atoms with Crippen LogP contribution < -0.4 is 56.1 Å². The molecule has 1 rings (SSSR count). The standard InChI is InChI=1S/C26H51N13O6/c27-10-8-17(21(41)38-18(24(44)45)6-3-12-36-26(32)33)37-22(42)19-7-4-14-39(19)23(43)16(29)9-13-34-20(40)15(28)5-1-2-11-35-25(30)31/h15-19H,1-14,27-29H2,(H,34,40)(H,37,42)(H,38,41)(H,44,45)(H4,30,31,35)(H4,32,33,36)/t15?,16-,17-,18-,19-/m0/s1. The number of likely N-dealkylation sites (tertiary alicyclic amines) is 1. The molecule has 0 aromatic heterocycles. The van der Waals surface area contributed by atoms with Crippen molar-refractivity contribution in [1.29, 1.82) is 0 Å². The molecule has 0 aromatic carbocycles. The summed E-state index contributed by atoms with van der Waals surface area (Å²) in [5.74, 6) is -3.55. The van der Waals surface area contributed by atoms with Gasteiger partial charge in [-0.05, 0) is 64.3 Å². The van der Waals surface area contributed by atoms with E-state index in [1.54, 1.807) is 0 Å². The van der Waals surface area contributed by atoms with Gasteiger partial charge in [-0.1, -0.05) is 0 Å². The van der Waals surface area contributed by atoms with Crippen LogP contribution in [0.3, 0.4) is 0 Å². The van der Waals surface area contributed by atoms with Crippen LogP contribution in [-0.2, 0) is 24.0 Å². The predicted octanol–water partition coefficient (Wildman–Crippen LogP) is -4.96. The second kappa shape index (κ2) is 20.7. The van der Waals surface area contributed by atoms with Crippen LogP contribution in [0.4, 0.5) is 0 Å². The minimum absolute atomic E-state index is 0.00203. The second-order valence-electron chi connectivity index (χ2n) is 10.8. The van der Waals surface area contributed by atoms with Crippen molar-refractivity contribution in [1.82, 2.24) is 20.9 Å². The van der Waals surface area contributed by atoms with Gasteiger partial charge in [0.15, 0.2) is 11.9 Å². The summed E-state index contributed by atoms with van der Waals surface area (Å²) in [6.45, 7) is 1.05. The van der Waals surface area contributed by atoms with Crippen LogP contribution in [0.25, 0.3) is 0 Å². The summed E-state index contributed by atoms with van der Waals surface area (Å²) >= 11 is 0. The number of carbonyl (C=O) groups excluding carboxylic acids is 4. The minimum atomic E-state index is -1.26. The van der Waals surface area contributed by atoms with Crippen LogP contribution in [0.1, 0.15) is 57.8 Å². The van der Waals surface area contributed by atoms with Crippen LogP contribution in [0, 0.1) is 0 Å². The van der Waals surface area contributed by atoms with Crippen molar-refractivity contribution in [2.75, 3.05) is 32.7 Å². The van der Waals surface area contributed by atoms with E-state index in [9.17, 15) is 29.1 Å². The maximum absolute atomic E-state index is 13.2. The quantitative estimate of drug-likeness (QED) is 0.0318. The molecule has 1 unspecified atom stereocenters. The SMILES string of the molecule is NCC[C@H](NC(=O)[C@@H]1CCCN1C(=O)[C@@H](N)CCNC(=O)C(N)CCCCN=C(N)N)C(=O)N[C@@H](CCCN=C(N)N)C(=O)O. The number of unbranched alkanes of at least 4 members (excludes halogenated alkanes) is 1. The molecule has 1 fully saturated rings. The highest BCUT2D eigenvalue weighted by Gasteiger charge is 2.37. The first-order valence-electron chi connectivity index (χ1n) is 15.0. The summed E-state index contributed by atoms with van der Waals surface area (Å²) in [6.07, 6.45) is 3.13. The molecule has 18 N–H and O–H groups in total. The van der Waals surface area contributed by atoms with E-state index in [1.807, 2.05) is 0 Å². The zero-order chi connectivity index (χ0) is 33.9. The Balaban J connectivity index is 2.65. The first-order valence-corrected chi connectivity index (χ1v) is 15.0. The zero-order valence-corrected chi connectivity index (χ0v) is 25.7. The lowest BCUT2D eigenvalue weighted by Gasteiger charge is -2.28. The van der Waals surface area contributed by atoms with E-state index in [4.69, 9.17) is 40.1 Å². The van der Waals surface area contributed by atoms with Crippen molar-refractivity contribution in [3.05, 3.63) is 0 Å². The monoisotopic (exact) mass is 641 g/mol. The lowest BCUT2D eigenvalue weighted by Crippen LogP contribution is -2.57. The molecule has 256 valence electrons. The van der Waals surface area contributed by atoms with Gasteiger partial charge >= 0.3 is 5.97 Å². The fraction of sp³-hybridized carbons (Fsp3) is 0.731. The molecule has 0 aliphatic carbocycles.